The molecule has 0 amide bonds. The standard InChI is InChI=1S/C18H16N4S/c1-11-5-4-6-12(2)17(11)22-10-19-21-18(22)14-7-8-15-16(9-14)23-13(3)20-15/h4-10H,1-3H3. The maximum absolute atomic E-state index is 4.52. The van der Waals surface area contributed by atoms with Gasteiger partial charge in [0.05, 0.1) is 20.9 Å². The van der Waals surface area contributed by atoms with Crippen LogP contribution in [0.4, 0.5) is 0 Å². The molecule has 0 radical (unpaired) electrons. The molecule has 0 atom stereocenters. The van der Waals surface area contributed by atoms with E-state index >= 15 is 0 Å². The van der Waals surface area contributed by atoms with Crippen molar-refractivity contribution in [2.75, 3.05) is 0 Å². The minimum absolute atomic E-state index is 0.857. The summed E-state index contributed by atoms with van der Waals surface area (Å²) in [5, 5.41) is 9.58. The molecule has 0 unspecified atom stereocenters. The SMILES string of the molecule is Cc1nc2ccc(-c3nncn3-c3c(C)cccc3C)cc2s1. The molecule has 4 rings (SSSR count). The summed E-state index contributed by atoms with van der Waals surface area (Å²) in [5.41, 5.74) is 5.66. The van der Waals surface area contributed by atoms with E-state index in [0.717, 1.165) is 27.6 Å². The van der Waals surface area contributed by atoms with Gasteiger partial charge in [-0.15, -0.1) is 21.5 Å². The summed E-state index contributed by atoms with van der Waals surface area (Å²) in [6.45, 7) is 6.26. The van der Waals surface area contributed by atoms with E-state index in [4.69, 9.17) is 0 Å². The summed E-state index contributed by atoms with van der Waals surface area (Å²) in [6.07, 6.45) is 1.78. The first kappa shape index (κ1) is 14.1. The number of fused-ring (bicyclic) bond motifs is 1. The van der Waals surface area contributed by atoms with Gasteiger partial charge in [-0.05, 0) is 50.1 Å². The van der Waals surface area contributed by atoms with E-state index in [0.29, 0.717) is 0 Å². The summed E-state index contributed by atoms with van der Waals surface area (Å²) in [7, 11) is 0. The molecule has 0 aliphatic heterocycles. The van der Waals surface area contributed by atoms with Crippen LogP contribution in [0.15, 0.2) is 42.7 Å². The van der Waals surface area contributed by atoms with E-state index in [-0.39, 0.29) is 0 Å². The first-order valence-electron chi connectivity index (χ1n) is 7.47. The van der Waals surface area contributed by atoms with Gasteiger partial charge < -0.3 is 0 Å². The fourth-order valence-electron chi connectivity index (χ4n) is 2.96. The van der Waals surface area contributed by atoms with E-state index in [1.807, 2.05) is 6.92 Å². The average Bonchev–Trinajstić information content (AvgIpc) is 3.11. The monoisotopic (exact) mass is 320 g/mol. The van der Waals surface area contributed by atoms with Gasteiger partial charge in [0.25, 0.3) is 0 Å². The summed E-state index contributed by atoms with van der Waals surface area (Å²) < 4.78 is 3.25. The zero-order chi connectivity index (χ0) is 16.0. The Hall–Kier alpha value is -2.53. The Kier molecular flexibility index (Phi) is 3.23. The zero-order valence-corrected chi connectivity index (χ0v) is 14.1. The van der Waals surface area contributed by atoms with Crippen molar-refractivity contribution >= 4 is 21.6 Å². The Balaban J connectivity index is 1.91. The molecule has 0 saturated heterocycles. The Morgan fingerprint density at radius 3 is 2.57 bits per heavy atom. The van der Waals surface area contributed by atoms with Crippen molar-refractivity contribution < 1.29 is 0 Å². The molecule has 114 valence electrons. The topological polar surface area (TPSA) is 43.6 Å². The highest BCUT2D eigenvalue weighted by Crippen LogP contribution is 2.29. The maximum Gasteiger partial charge on any atom is 0.168 e. The first-order chi connectivity index (χ1) is 11.1. The Labute approximate surface area is 138 Å². The molecule has 0 bridgehead atoms. The molecule has 2 heterocycles. The molecule has 23 heavy (non-hydrogen) atoms. The van der Waals surface area contributed by atoms with Crippen molar-refractivity contribution in [2.24, 2.45) is 0 Å². The average molecular weight is 320 g/mol. The molecule has 0 aliphatic carbocycles. The molecule has 4 nitrogen and oxygen atoms in total. The number of benzene rings is 2. The third kappa shape index (κ3) is 2.33. The van der Waals surface area contributed by atoms with Gasteiger partial charge in [-0.3, -0.25) is 4.57 Å². The van der Waals surface area contributed by atoms with E-state index in [9.17, 15) is 0 Å². The highest BCUT2D eigenvalue weighted by atomic mass is 32.1. The Bertz CT molecular complexity index is 993. The number of hydrogen-bond donors (Lipinski definition) is 0. The highest BCUT2D eigenvalue weighted by molar-refractivity contribution is 7.18. The molecule has 2 aromatic heterocycles. The lowest BCUT2D eigenvalue weighted by molar-refractivity contribution is 1.03. The van der Waals surface area contributed by atoms with Crippen LogP contribution in [0.1, 0.15) is 16.1 Å². The normalized spacial score (nSPS) is 11.3. The second-order valence-electron chi connectivity index (χ2n) is 5.68. The number of aryl methyl sites for hydroxylation is 3. The van der Waals surface area contributed by atoms with Crippen LogP contribution in [0.25, 0.3) is 27.3 Å². The van der Waals surface area contributed by atoms with Crippen molar-refractivity contribution in [2.45, 2.75) is 20.8 Å². The van der Waals surface area contributed by atoms with Gasteiger partial charge in [0, 0.05) is 5.56 Å². The summed E-state index contributed by atoms with van der Waals surface area (Å²) in [4.78, 5) is 4.52. The number of rotatable bonds is 2. The quantitative estimate of drug-likeness (QED) is 0.547. The molecule has 2 aromatic carbocycles. The largest absolute Gasteiger partial charge is 0.281 e. The van der Waals surface area contributed by atoms with Crippen molar-refractivity contribution in [3.05, 3.63) is 58.9 Å². The van der Waals surface area contributed by atoms with Gasteiger partial charge in [-0.2, -0.15) is 0 Å². The first-order valence-corrected chi connectivity index (χ1v) is 8.29. The predicted octanol–water partition coefficient (Wildman–Crippen LogP) is 4.47. The zero-order valence-electron chi connectivity index (χ0n) is 13.2. The number of para-hydroxylation sites is 1. The van der Waals surface area contributed by atoms with Gasteiger partial charge in [0.1, 0.15) is 6.33 Å². The Morgan fingerprint density at radius 2 is 1.78 bits per heavy atom. The van der Waals surface area contributed by atoms with Gasteiger partial charge in [-0.25, -0.2) is 4.98 Å². The molecule has 5 heteroatoms. The third-order valence-corrected chi connectivity index (χ3v) is 4.92. The minimum Gasteiger partial charge on any atom is -0.281 e. The third-order valence-electron chi connectivity index (χ3n) is 3.98. The highest BCUT2D eigenvalue weighted by Gasteiger charge is 2.13. The molecule has 0 N–H and O–H groups in total. The Morgan fingerprint density at radius 1 is 1.00 bits per heavy atom. The molecular formula is C18H16N4S. The molecule has 0 fully saturated rings. The second-order valence-corrected chi connectivity index (χ2v) is 6.92. The molecule has 0 saturated carbocycles. The van der Waals surface area contributed by atoms with E-state index < -0.39 is 0 Å². The minimum atomic E-state index is 0.857. The van der Waals surface area contributed by atoms with Gasteiger partial charge in [-0.1, -0.05) is 18.2 Å². The van der Waals surface area contributed by atoms with E-state index in [1.165, 1.54) is 15.8 Å². The predicted molar refractivity (Wildman–Crippen MR) is 94.2 cm³/mol. The van der Waals surface area contributed by atoms with Crippen molar-refractivity contribution in [1.29, 1.82) is 0 Å². The molecular weight excluding hydrogens is 304 g/mol. The maximum atomic E-state index is 4.52. The molecule has 4 aromatic rings. The summed E-state index contributed by atoms with van der Waals surface area (Å²) in [6, 6.07) is 12.6. The smallest absolute Gasteiger partial charge is 0.168 e. The van der Waals surface area contributed by atoms with Crippen LogP contribution in [0.3, 0.4) is 0 Å². The van der Waals surface area contributed by atoms with Crippen LogP contribution in [0.2, 0.25) is 0 Å². The van der Waals surface area contributed by atoms with Gasteiger partial charge in [0.15, 0.2) is 5.82 Å². The van der Waals surface area contributed by atoms with Crippen LogP contribution < -0.4 is 0 Å². The number of aromatic nitrogens is 4. The number of hydrogen-bond acceptors (Lipinski definition) is 4. The number of thiazole rings is 1. The fourth-order valence-corrected chi connectivity index (χ4v) is 3.83. The lowest BCUT2D eigenvalue weighted by Gasteiger charge is -2.12. The van der Waals surface area contributed by atoms with E-state index in [1.54, 1.807) is 17.7 Å². The molecule has 0 aliphatic rings. The van der Waals surface area contributed by atoms with Crippen LogP contribution >= 0.6 is 11.3 Å². The number of nitrogens with zero attached hydrogens (tertiary/aromatic N) is 4. The van der Waals surface area contributed by atoms with Crippen molar-refractivity contribution in [1.82, 2.24) is 19.7 Å². The van der Waals surface area contributed by atoms with Crippen molar-refractivity contribution in [3.63, 3.8) is 0 Å². The molecule has 0 spiro atoms. The second kappa shape index (κ2) is 5.28. The summed E-state index contributed by atoms with van der Waals surface area (Å²) in [5.74, 6) is 0.857. The van der Waals surface area contributed by atoms with Gasteiger partial charge in [0.2, 0.25) is 0 Å². The van der Waals surface area contributed by atoms with E-state index in [2.05, 4.69) is 70.0 Å². The van der Waals surface area contributed by atoms with Crippen molar-refractivity contribution in [3.8, 4) is 17.1 Å². The van der Waals surface area contributed by atoms with Crippen LogP contribution in [-0.2, 0) is 0 Å². The fraction of sp³-hybridized carbons (Fsp3) is 0.167. The van der Waals surface area contributed by atoms with Crippen LogP contribution in [0.5, 0.6) is 0 Å². The van der Waals surface area contributed by atoms with Crippen LogP contribution in [-0.4, -0.2) is 19.7 Å². The lowest BCUT2D eigenvalue weighted by atomic mass is 10.1. The van der Waals surface area contributed by atoms with Gasteiger partial charge >= 0.3 is 0 Å². The van der Waals surface area contributed by atoms with Crippen LogP contribution in [0, 0.1) is 20.8 Å². The lowest BCUT2D eigenvalue weighted by Crippen LogP contribution is -2.01. The summed E-state index contributed by atoms with van der Waals surface area (Å²) >= 11 is 1.70.